The Morgan fingerprint density at radius 1 is 1.00 bits per heavy atom. The van der Waals surface area contributed by atoms with E-state index in [1.165, 1.54) is 48.2 Å². The van der Waals surface area contributed by atoms with Gasteiger partial charge in [-0.15, -0.1) is 0 Å². The summed E-state index contributed by atoms with van der Waals surface area (Å²) in [5.41, 5.74) is 7.48. The summed E-state index contributed by atoms with van der Waals surface area (Å²) in [6.45, 7) is 1.87. The number of nitrogens with zero attached hydrogens (tertiary/aromatic N) is 1. The van der Waals surface area contributed by atoms with E-state index in [0.717, 1.165) is 24.1 Å². The lowest BCUT2D eigenvalue weighted by molar-refractivity contribution is 0.0955. The molecule has 0 heterocycles. The van der Waals surface area contributed by atoms with Crippen LogP contribution in [0.4, 0.5) is 4.39 Å². The maximum absolute atomic E-state index is 12.9. The largest absolute Gasteiger partial charge is 0.271 e. The fourth-order valence-corrected chi connectivity index (χ4v) is 2.82. The average Bonchev–Trinajstić information content (AvgIpc) is 2.59. The molecule has 0 radical (unpaired) electrons. The van der Waals surface area contributed by atoms with Crippen LogP contribution in [0.1, 0.15) is 46.8 Å². The summed E-state index contributed by atoms with van der Waals surface area (Å²) in [7, 11) is 0. The lowest BCUT2D eigenvalue weighted by atomic mass is 9.90. The number of aryl methyl sites for hydroxylation is 2. The fraction of sp³-hybridized carbons (Fsp3) is 0.263. The van der Waals surface area contributed by atoms with Crippen molar-refractivity contribution in [3.05, 3.63) is 70.5 Å². The predicted molar refractivity (Wildman–Crippen MR) is 89.2 cm³/mol. The molecule has 0 atom stereocenters. The highest BCUT2D eigenvalue weighted by molar-refractivity contribution is 6.01. The number of fused-ring (bicyclic) bond motifs is 1. The van der Waals surface area contributed by atoms with Crippen LogP contribution in [0.5, 0.6) is 0 Å². The van der Waals surface area contributed by atoms with E-state index in [-0.39, 0.29) is 11.7 Å². The Balaban J connectivity index is 1.72. The highest BCUT2D eigenvalue weighted by Crippen LogP contribution is 2.22. The highest BCUT2D eigenvalue weighted by atomic mass is 19.1. The Morgan fingerprint density at radius 2 is 1.65 bits per heavy atom. The number of hydrogen-bond acceptors (Lipinski definition) is 2. The molecule has 2 aromatic carbocycles. The van der Waals surface area contributed by atoms with Gasteiger partial charge in [-0.2, -0.15) is 5.10 Å². The smallest absolute Gasteiger partial charge is 0.267 e. The van der Waals surface area contributed by atoms with Crippen LogP contribution in [0, 0.1) is 5.82 Å². The molecule has 3 nitrogen and oxygen atoms in total. The SMILES string of the molecule is CC(=NNC(=O)c1ccc(F)cc1)c1ccc2c(c1)CCCC2. The van der Waals surface area contributed by atoms with Crippen LogP contribution in [0.15, 0.2) is 47.6 Å². The standard InChI is InChI=1S/C19H19FN2O/c1-13(16-7-6-14-4-2-3-5-17(14)12-16)21-22-19(23)15-8-10-18(20)11-9-15/h6-12H,2-5H2,1H3,(H,22,23). The van der Waals surface area contributed by atoms with Crippen LogP contribution in [-0.4, -0.2) is 11.6 Å². The lowest BCUT2D eigenvalue weighted by Gasteiger charge is -2.16. The number of hydrogen-bond donors (Lipinski definition) is 1. The second-order valence-electron chi connectivity index (χ2n) is 5.84. The van der Waals surface area contributed by atoms with Crippen molar-refractivity contribution < 1.29 is 9.18 Å². The van der Waals surface area contributed by atoms with Gasteiger partial charge in [0.05, 0.1) is 5.71 Å². The molecule has 118 valence electrons. The first-order valence-electron chi connectivity index (χ1n) is 7.86. The highest BCUT2D eigenvalue weighted by Gasteiger charge is 2.11. The first-order valence-corrected chi connectivity index (χ1v) is 7.86. The van der Waals surface area contributed by atoms with E-state index in [1.54, 1.807) is 0 Å². The molecule has 4 heteroatoms. The van der Waals surface area contributed by atoms with Crippen LogP contribution in [0.25, 0.3) is 0 Å². The van der Waals surface area contributed by atoms with E-state index in [9.17, 15) is 9.18 Å². The third-order valence-electron chi connectivity index (χ3n) is 4.20. The molecule has 0 unspecified atom stereocenters. The zero-order chi connectivity index (χ0) is 16.2. The predicted octanol–water partition coefficient (Wildman–Crippen LogP) is 3.86. The van der Waals surface area contributed by atoms with Gasteiger partial charge in [0, 0.05) is 5.56 Å². The molecule has 0 aliphatic heterocycles. The summed E-state index contributed by atoms with van der Waals surface area (Å²) in [6, 6.07) is 11.8. The topological polar surface area (TPSA) is 41.5 Å². The third kappa shape index (κ3) is 3.65. The number of halogens is 1. The first-order chi connectivity index (χ1) is 11.1. The van der Waals surface area contributed by atoms with E-state index in [0.29, 0.717) is 5.56 Å². The van der Waals surface area contributed by atoms with Crippen LogP contribution in [0.3, 0.4) is 0 Å². The van der Waals surface area contributed by atoms with Crippen molar-refractivity contribution >= 4 is 11.6 Å². The summed E-state index contributed by atoms with van der Waals surface area (Å²) < 4.78 is 12.9. The van der Waals surface area contributed by atoms with Crippen molar-refractivity contribution in [1.82, 2.24) is 5.43 Å². The van der Waals surface area contributed by atoms with E-state index in [1.807, 2.05) is 13.0 Å². The van der Waals surface area contributed by atoms with Gasteiger partial charge in [0.25, 0.3) is 5.91 Å². The monoisotopic (exact) mass is 310 g/mol. The molecule has 0 bridgehead atoms. The quantitative estimate of drug-likeness (QED) is 0.679. The van der Waals surface area contributed by atoms with Gasteiger partial charge in [-0.3, -0.25) is 4.79 Å². The van der Waals surface area contributed by atoms with Crippen LogP contribution >= 0.6 is 0 Å². The number of nitrogens with one attached hydrogen (secondary N) is 1. The molecule has 0 fully saturated rings. The molecule has 0 aromatic heterocycles. The normalized spacial score (nSPS) is 14.3. The van der Waals surface area contributed by atoms with Crippen molar-refractivity contribution in [3.63, 3.8) is 0 Å². The number of carbonyl (C=O) groups excluding carboxylic acids is 1. The van der Waals surface area contributed by atoms with Gasteiger partial charge in [-0.1, -0.05) is 12.1 Å². The summed E-state index contributed by atoms with van der Waals surface area (Å²) in [4.78, 5) is 12.0. The van der Waals surface area contributed by atoms with E-state index >= 15 is 0 Å². The Kier molecular flexibility index (Phi) is 4.51. The zero-order valence-corrected chi connectivity index (χ0v) is 13.1. The van der Waals surface area contributed by atoms with Crippen LogP contribution in [-0.2, 0) is 12.8 Å². The molecular formula is C19H19FN2O. The first kappa shape index (κ1) is 15.4. The van der Waals surface area contributed by atoms with Gasteiger partial charge in [-0.05, 0) is 79.6 Å². The number of hydrazone groups is 1. The van der Waals surface area contributed by atoms with Crippen LogP contribution in [0.2, 0.25) is 0 Å². The summed E-state index contributed by atoms with van der Waals surface area (Å²) >= 11 is 0. The maximum Gasteiger partial charge on any atom is 0.271 e. The molecule has 1 N–H and O–H groups in total. The molecule has 2 aromatic rings. The second kappa shape index (κ2) is 6.73. The average molecular weight is 310 g/mol. The Morgan fingerprint density at radius 3 is 2.39 bits per heavy atom. The fourth-order valence-electron chi connectivity index (χ4n) is 2.82. The van der Waals surface area contributed by atoms with Gasteiger partial charge in [0.1, 0.15) is 5.82 Å². The van der Waals surface area contributed by atoms with Crippen LogP contribution < -0.4 is 5.43 Å². The van der Waals surface area contributed by atoms with Crippen molar-refractivity contribution in [2.24, 2.45) is 5.10 Å². The van der Waals surface area contributed by atoms with Gasteiger partial charge in [0.15, 0.2) is 0 Å². The molecule has 23 heavy (non-hydrogen) atoms. The molecule has 0 saturated heterocycles. The van der Waals surface area contributed by atoms with E-state index in [4.69, 9.17) is 0 Å². The maximum atomic E-state index is 12.9. The Bertz CT molecular complexity index is 750. The van der Waals surface area contributed by atoms with Gasteiger partial charge in [-0.25, -0.2) is 9.82 Å². The van der Waals surface area contributed by atoms with E-state index < -0.39 is 0 Å². The number of carbonyl (C=O) groups is 1. The van der Waals surface area contributed by atoms with Gasteiger partial charge < -0.3 is 0 Å². The Labute approximate surface area is 135 Å². The minimum atomic E-state index is -0.365. The summed E-state index contributed by atoms with van der Waals surface area (Å²) in [6.07, 6.45) is 4.74. The number of benzene rings is 2. The minimum absolute atomic E-state index is 0.345. The van der Waals surface area contributed by atoms with Gasteiger partial charge in [0.2, 0.25) is 0 Å². The van der Waals surface area contributed by atoms with Crippen molar-refractivity contribution in [2.45, 2.75) is 32.6 Å². The van der Waals surface area contributed by atoms with Gasteiger partial charge >= 0.3 is 0 Å². The van der Waals surface area contributed by atoms with E-state index in [2.05, 4.69) is 22.7 Å². The molecule has 0 saturated carbocycles. The van der Waals surface area contributed by atoms with Crippen molar-refractivity contribution in [3.8, 4) is 0 Å². The van der Waals surface area contributed by atoms with Crippen molar-refractivity contribution in [1.29, 1.82) is 0 Å². The van der Waals surface area contributed by atoms with Crippen molar-refractivity contribution in [2.75, 3.05) is 0 Å². The number of amides is 1. The Hall–Kier alpha value is -2.49. The molecule has 0 spiro atoms. The third-order valence-corrected chi connectivity index (χ3v) is 4.20. The molecule has 1 aliphatic carbocycles. The zero-order valence-electron chi connectivity index (χ0n) is 13.1. The summed E-state index contributed by atoms with van der Waals surface area (Å²) in [5.74, 6) is -0.711. The number of rotatable bonds is 3. The summed E-state index contributed by atoms with van der Waals surface area (Å²) in [5, 5.41) is 4.17. The second-order valence-corrected chi connectivity index (χ2v) is 5.84. The molecule has 1 aliphatic rings. The molecular weight excluding hydrogens is 291 g/mol. The molecule has 3 rings (SSSR count). The minimum Gasteiger partial charge on any atom is -0.267 e. The molecule has 1 amide bonds. The lowest BCUT2D eigenvalue weighted by Crippen LogP contribution is -2.19.